The van der Waals surface area contributed by atoms with E-state index < -0.39 is 16.1 Å². The van der Waals surface area contributed by atoms with Gasteiger partial charge in [0.05, 0.1) is 24.9 Å². The predicted octanol–water partition coefficient (Wildman–Crippen LogP) is -0.327. The summed E-state index contributed by atoms with van der Waals surface area (Å²) in [4.78, 5) is 0. The van der Waals surface area contributed by atoms with Crippen molar-refractivity contribution in [1.82, 2.24) is 14.1 Å². The van der Waals surface area contributed by atoms with Crippen LogP contribution >= 0.6 is 0 Å². The van der Waals surface area contributed by atoms with Crippen LogP contribution in [0.25, 0.3) is 0 Å². The summed E-state index contributed by atoms with van der Waals surface area (Å²) >= 11 is 0. The molecule has 0 spiro atoms. The van der Waals surface area contributed by atoms with Gasteiger partial charge in [0.25, 0.3) is 10.0 Å². The van der Waals surface area contributed by atoms with Crippen molar-refractivity contribution in [3.05, 3.63) is 12.3 Å². The molecule has 0 radical (unpaired) electrons. The van der Waals surface area contributed by atoms with E-state index in [9.17, 15) is 13.5 Å². The molecule has 7 nitrogen and oxygen atoms in total. The highest BCUT2D eigenvalue weighted by Gasteiger charge is 2.41. The van der Waals surface area contributed by atoms with Crippen LogP contribution in [0.5, 0.6) is 0 Å². The lowest BCUT2D eigenvalue weighted by molar-refractivity contribution is 0.113. The Labute approximate surface area is 112 Å². The number of aliphatic hydroxyl groups is 1. The van der Waals surface area contributed by atoms with Gasteiger partial charge < -0.3 is 9.84 Å². The van der Waals surface area contributed by atoms with Crippen LogP contribution in [0.15, 0.2) is 17.3 Å². The lowest BCUT2D eigenvalue weighted by Crippen LogP contribution is -2.39. The van der Waals surface area contributed by atoms with Crippen LogP contribution in [0.2, 0.25) is 0 Å². The molecule has 108 valence electrons. The van der Waals surface area contributed by atoms with E-state index in [1.165, 1.54) is 21.3 Å². The molecule has 0 unspecified atom stereocenters. The fourth-order valence-corrected chi connectivity index (χ4v) is 4.20. The number of ether oxygens (including phenoxy) is 1. The Morgan fingerprint density at radius 3 is 2.89 bits per heavy atom. The highest BCUT2D eigenvalue weighted by molar-refractivity contribution is 7.89. The number of hydrogen-bond acceptors (Lipinski definition) is 5. The third kappa shape index (κ3) is 2.53. The lowest BCUT2D eigenvalue weighted by atomic mass is 10.2. The summed E-state index contributed by atoms with van der Waals surface area (Å²) in [6.45, 7) is 2.36. The molecule has 1 aliphatic heterocycles. The highest BCUT2D eigenvalue weighted by Crippen LogP contribution is 2.27. The van der Waals surface area contributed by atoms with Crippen molar-refractivity contribution in [2.45, 2.75) is 37.1 Å². The van der Waals surface area contributed by atoms with E-state index in [1.54, 1.807) is 7.11 Å². The van der Waals surface area contributed by atoms with Crippen molar-refractivity contribution < 1.29 is 18.3 Å². The largest absolute Gasteiger partial charge is 0.395 e. The van der Waals surface area contributed by atoms with Gasteiger partial charge in [-0.25, -0.2) is 8.42 Å². The topological polar surface area (TPSA) is 84.7 Å². The Morgan fingerprint density at radius 2 is 2.32 bits per heavy atom. The van der Waals surface area contributed by atoms with Gasteiger partial charge in [-0.05, 0) is 19.4 Å². The van der Waals surface area contributed by atoms with E-state index >= 15 is 0 Å². The first kappa shape index (κ1) is 14.4. The quantitative estimate of drug-likeness (QED) is 0.802. The Hall–Kier alpha value is -0.960. The molecule has 1 aromatic rings. The molecule has 0 aliphatic carbocycles. The minimum Gasteiger partial charge on any atom is -0.395 e. The average Bonchev–Trinajstić information content (AvgIpc) is 3.04. The first-order chi connectivity index (χ1) is 9.04. The number of methoxy groups -OCH3 is 1. The van der Waals surface area contributed by atoms with Gasteiger partial charge in [-0.1, -0.05) is 0 Å². The number of nitrogens with zero attached hydrogens (tertiary/aromatic N) is 3. The minimum atomic E-state index is -3.65. The zero-order valence-corrected chi connectivity index (χ0v) is 11.9. The fourth-order valence-electron chi connectivity index (χ4n) is 2.37. The lowest BCUT2D eigenvalue weighted by Gasteiger charge is -2.22. The first-order valence-corrected chi connectivity index (χ1v) is 7.65. The van der Waals surface area contributed by atoms with Gasteiger partial charge in [-0.3, -0.25) is 4.68 Å². The van der Waals surface area contributed by atoms with Crippen LogP contribution in [0.3, 0.4) is 0 Å². The molecule has 0 bridgehead atoms. The Bertz CT molecular complexity index is 528. The molecule has 0 amide bonds. The maximum atomic E-state index is 12.6. The molecule has 2 atom stereocenters. The molecule has 0 saturated carbocycles. The zero-order valence-electron chi connectivity index (χ0n) is 11.1. The fraction of sp³-hybridized carbons (Fsp3) is 0.727. The summed E-state index contributed by atoms with van der Waals surface area (Å²) in [7, 11) is -2.10. The molecule has 0 aromatic carbocycles. The smallest absolute Gasteiger partial charge is 0.260 e. The Morgan fingerprint density at radius 1 is 1.58 bits per heavy atom. The van der Waals surface area contributed by atoms with Crippen LogP contribution in [-0.2, 0) is 21.3 Å². The normalized spacial score (nSPS) is 25.0. The summed E-state index contributed by atoms with van der Waals surface area (Å²) in [6.07, 6.45) is 1.80. The maximum absolute atomic E-state index is 12.6. The van der Waals surface area contributed by atoms with Crippen molar-refractivity contribution in [2.24, 2.45) is 0 Å². The highest BCUT2D eigenvalue weighted by atomic mass is 32.2. The molecule has 2 heterocycles. The second kappa shape index (κ2) is 5.58. The van der Waals surface area contributed by atoms with E-state index in [1.807, 2.05) is 6.92 Å². The SMILES string of the molecule is CCn1nccc1S(=O)(=O)N1C[C@@H](OC)C[C@H]1CO. The third-order valence-electron chi connectivity index (χ3n) is 3.42. The van der Waals surface area contributed by atoms with Crippen LogP contribution in [0, 0.1) is 0 Å². The van der Waals surface area contributed by atoms with Gasteiger partial charge in [-0.2, -0.15) is 9.40 Å². The van der Waals surface area contributed by atoms with Crippen LogP contribution < -0.4 is 0 Å². The summed E-state index contributed by atoms with van der Waals surface area (Å²) < 4.78 is 33.2. The molecule has 2 rings (SSSR count). The van der Waals surface area contributed by atoms with Gasteiger partial charge >= 0.3 is 0 Å². The molecule has 8 heteroatoms. The van der Waals surface area contributed by atoms with Crippen molar-refractivity contribution >= 4 is 10.0 Å². The van der Waals surface area contributed by atoms with Crippen molar-refractivity contribution in [1.29, 1.82) is 0 Å². The van der Waals surface area contributed by atoms with Crippen LogP contribution in [0.4, 0.5) is 0 Å². The number of sulfonamides is 1. The zero-order chi connectivity index (χ0) is 14.0. The maximum Gasteiger partial charge on any atom is 0.260 e. The number of rotatable bonds is 5. The Balaban J connectivity index is 2.34. The van der Waals surface area contributed by atoms with E-state index in [-0.39, 0.29) is 24.3 Å². The second-order valence-electron chi connectivity index (χ2n) is 4.49. The minimum absolute atomic E-state index is 0.158. The Kier molecular flexibility index (Phi) is 4.24. The summed E-state index contributed by atoms with van der Waals surface area (Å²) in [5, 5.41) is 13.5. The molecule has 1 saturated heterocycles. The molecular formula is C11H19N3O4S. The molecule has 19 heavy (non-hydrogen) atoms. The summed E-state index contributed by atoms with van der Waals surface area (Å²) in [5.74, 6) is 0. The van der Waals surface area contributed by atoms with E-state index in [0.29, 0.717) is 13.0 Å². The van der Waals surface area contributed by atoms with Gasteiger partial charge in [0.1, 0.15) is 0 Å². The van der Waals surface area contributed by atoms with Gasteiger partial charge in [0.15, 0.2) is 5.03 Å². The monoisotopic (exact) mass is 289 g/mol. The van der Waals surface area contributed by atoms with Crippen LogP contribution in [0.1, 0.15) is 13.3 Å². The average molecular weight is 289 g/mol. The molecule has 1 aliphatic rings. The summed E-state index contributed by atoms with van der Waals surface area (Å²) in [5.41, 5.74) is 0. The molecular weight excluding hydrogens is 270 g/mol. The summed E-state index contributed by atoms with van der Waals surface area (Å²) in [6, 6.07) is 1.04. The van der Waals surface area contributed by atoms with Crippen LogP contribution in [-0.4, -0.2) is 60.0 Å². The van der Waals surface area contributed by atoms with Gasteiger partial charge in [0.2, 0.25) is 0 Å². The number of aromatic nitrogens is 2. The number of aryl methyl sites for hydroxylation is 1. The van der Waals surface area contributed by atoms with Gasteiger partial charge in [0, 0.05) is 20.2 Å². The van der Waals surface area contributed by atoms with E-state index in [2.05, 4.69) is 5.10 Å². The van der Waals surface area contributed by atoms with Crippen molar-refractivity contribution in [2.75, 3.05) is 20.3 Å². The van der Waals surface area contributed by atoms with Gasteiger partial charge in [-0.15, -0.1) is 0 Å². The van der Waals surface area contributed by atoms with E-state index in [0.717, 1.165) is 0 Å². The number of aliphatic hydroxyl groups excluding tert-OH is 1. The standard InChI is InChI=1S/C11H19N3O4S/c1-3-13-11(4-5-12-13)19(16,17)14-7-10(18-2)6-9(14)8-15/h4-5,9-10,15H,3,6-8H2,1-2H3/t9-,10-/m0/s1. The molecule has 1 aromatic heterocycles. The predicted molar refractivity (Wildman–Crippen MR) is 68.1 cm³/mol. The first-order valence-electron chi connectivity index (χ1n) is 6.21. The second-order valence-corrected chi connectivity index (χ2v) is 6.33. The molecule has 1 N–H and O–H groups in total. The third-order valence-corrected chi connectivity index (χ3v) is 5.36. The van der Waals surface area contributed by atoms with Crippen molar-refractivity contribution in [3.8, 4) is 0 Å². The van der Waals surface area contributed by atoms with Crippen molar-refractivity contribution in [3.63, 3.8) is 0 Å². The number of hydrogen-bond donors (Lipinski definition) is 1. The van der Waals surface area contributed by atoms with E-state index in [4.69, 9.17) is 4.74 Å². The molecule has 1 fully saturated rings.